The van der Waals surface area contributed by atoms with Crippen LogP contribution >= 0.6 is 0 Å². The van der Waals surface area contributed by atoms with Crippen molar-refractivity contribution in [1.82, 2.24) is 0 Å². The van der Waals surface area contributed by atoms with Crippen LogP contribution in [0.5, 0.6) is 11.5 Å². The predicted molar refractivity (Wildman–Crippen MR) is 108 cm³/mol. The molecule has 1 amide bonds. The summed E-state index contributed by atoms with van der Waals surface area (Å²) in [5.74, 6) is -0.644. The molecule has 30 heavy (non-hydrogen) atoms. The summed E-state index contributed by atoms with van der Waals surface area (Å²) in [6.07, 6.45) is 4.20. The van der Waals surface area contributed by atoms with E-state index in [2.05, 4.69) is 11.4 Å². The van der Waals surface area contributed by atoms with Crippen LogP contribution in [0, 0.1) is 17.2 Å². The summed E-state index contributed by atoms with van der Waals surface area (Å²) >= 11 is 0. The third-order valence-electron chi connectivity index (χ3n) is 5.79. The number of ether oxygens (including phenoxy) is 1. The third-order valence-corrected chi connectivity index (χ3v) is 5.79. The SMILES string of the molecule is N#Cc1ccc(CC=CC(=O)O)c(NC(=O)[C@@H]2C[C@]23CCOc2ccc(O)cc23)c1. The first-order valence-electron chi connectivity index (χ1n) is 9.62. The molecular weight excluding hydrogens is 384 g/mol. The largest absolute Gasteiger partial charge is 0.508 e. The number of hydrogen-bond donors (Lipinski definition) is 3. The van der Waals surface area contributed by atoms with Crippen molar-refractivity contribution in [3.8, 4) is 17.6 Å². The van der Waals surface area contributed by atoms with Crippen LogP contribution in [-0.2, 0) is 21.4 Å². The van der Waals surface area contributed by atoms with Gasteiger partial charge in [-0.3, -0.25) is 4.79 Å². The number of phenols is 1. The number of hydrogen-bond acceptors (Lipinski definition) is 5. The lowest BCUT2D eigenvalue weighted by molar-refractivity contribution is -0.131. The minimum atomic E-state index is -1.05. The van der Waals surface area contributed by atoms with Crippen molar-refractivity contribution < 1.29 is 24.5 Å². The highest BCUT2D eigenvalue weighted by molar-refractivity contribution is 5.97. The number of nitrogens with zero attached hydrogens (tertiary/aromatic N) is 1. The van der Waals surface area contributed by atoms with E-state index in [1.807, 2.05) is 0 Å². The Kier molecular flexibility index (Phi) is 4.92. The van der Waals surface area contributed by atoms with Crippen molar-refractivity contribution in [2.75, 3.05) is 11.9 Å². The van der Waals surface area contributed by atoms with Crippen molar-refractivity contribution in [2.45, 2.75) is 24.7 Å². The Hall–Kier alpha value is -3.79. The Bertz CT molecular complexity index is 1100. The topological polar surface area (TPSA) is 120 Å². The summed E-state index contributed by atoms with van der Waals surface area (Å²) in [5, 5.41) is 30.8. The van der Waals surface area contributed by atoms with E-state index in [4.69, 9.17) is 9.84 Å². The molecule has 0 unspecified atom stereocenters. The molecule has 0 saturated heterocycles. The zero-order valence-corrected chi connectivity index (χ0v) is 16.1. The number of amides is 1. The lowest BCUT2D eigenvalue weighted by Gasteiger charge is -2.27. The average molecular weight is 404 g/mol. The molecule has 2 atom stereocenters. The second-order valence-corrected chi connectivity index (χ2v) is 7.61. The Morgan fingerprint density at radius 3 is 2.90 bits per heavy atom. The number of phenolic OH excluding ortho intramolecular Hbond substituents is 1. The molecule has 1 spiro atoms. The Morgan fingerprint density at radius 1 is 1.30 bits per heavy atom. The van der Waals surface area contributed by atoms with Gasteiger partial charge in [0, 0.05) is 28.7 Å². The van der Waals surface area contributed by atoms with Crippen LogP contribution in [0.3, 0.4) is 0 Å². The highest BCUT2D eigenvalue weighted by atomic mass is 16.5. The average Bonchev–Trinajstić information content (AvgIpc) is 3.44. The lowest BCUT2D eigenvalue weighted by atomic mass is 9.87. The molecular formula is C23H20N2O5. The van der Waals surface area contributed by atoms with Crippen LogP contribution in [0.15, 0.2) is 48.6 Å². The van der Waals surface area contributed by atoms with Gasteiger partial charge in [0.2, 0.25) is 5.91 Å². The number of carboxylic acid groups (broad SMARTS) is 1. The molecule has 1 fully saturated rings. The number of aromatic hydroxyl groups is 1. The van der Waals surface area contributed by atoms with E-state index in [0.29, 0.717) is 42.9 Å². The quantitative estimate of drug-likeness (QED) is 0.659. The zero-order chi connectivity index (χ0) is 21.3. The van der Waals surface area contributed by atoms with E-state index >= 15 is 0 Å². The molecule has 3 N–H and O–H groups in total. The van der Waals surface area contributed by atoms with Gasteiger partial charge in [0.1, 0.15) is 11.5 Å². The monoisotopic (exact) mass is 404 g/mol. The summed E-state index contributed by atoms with van der Waals surface area (Å²) in [6.45, 7) is 0.511. The van der Waals surface area contributed by atoms with Crippen molar-refractivity contribution in [1.29, 1.82) is 5.26 Å². The minimum Gasteiger partial charge on any atom is -0.508 e. The molecule has 1 saturated carbocycles. The van der Waals surface area contributed by atoms with Gasteiger partial charge in [-0.25, -0.2) is 4.79 Å². The van der Waals surface area contributed by atoms with Gasteiger partial charge >= 0.3 is 5.97 Å². The van der Waals surface area contributed by atoms with Crippen molar-refractivity contribution in [3.63, 3.8) is 0 Å². The second kappa shape index (κ2) is 7.56. The number of carboxylic acids is 1. The molecule has 7 heteroatoms. The highest BCUT2D eigenvalue weighted by Gasteiger charge is 2.61. The standard InChI is InChI=1S/C23H20N2O5/c24-13-14-4-5-15(2-1-3-21(27)28)19(10-14)25-22(29)18-12-23(18)8-9-30-20-7-6-16(26)11-17(20)23/h1,3-7,10-11,18,26H,2,8-9,12H2,(H,25,29)(H,27,28)/t18-,23-/m0/s1. The number of aliphatic carboxylic acids is 1. The minimum absolute atomic E-state index is 0.138. The molecule has 2 aromatic carbocycles. The fraction of sp³-hybridized carbons (Fsp3) is 0.261. The smallest absolute Gasteiger partial charge is 0.327 e. The highest BCUT2D eigenvalue weighted by Crippen LogP contribution is 2.61. The molecule has 7 nitrogen and oxygen atoms in total. The maximum Gasteiger partial charge on any atom is 0.327 e. The molecule has 1 heterocycles. The molecule has 1 aliphatic heterocycles. The number of allylic oxidation sites excluding steroid dienone is 1. The van der Waals surface area contributed by atoms with E-state index in [1.165, 1.54) is 6.08 Å². The first kappa shape index (κ1) is 19.5. The van der Waals surface area contributed by atoms with Gasteiger partial charge < -0.3 is 20.3 Å². The van der Waals surface area contributed by atoms with Gasteiger partial charge in [0.15, 0.2) is 0 Å². The predicted octanol–water partition coefficient (Wildman–Crippen LogP) is 3.13. The summed E-state index contributed by atoms with van der Waals surface area (Å²) in [7, 11) is 0. The van der Waals surface area contributed by atoms with Crippen molar-refractivity contribution in [2.24, 2.45) is 5.92 Å². The normalized spacial score (nSPS) is 21.5. The van der Waals surface area contributed by atoms with Crippen LogP contribution in [-0.4, -0.2) is 28.7 Å². The number of carbonyl (C=O) groups is 2. The van der Waals surface area contributed by atoms with Gasteiger partial charge in [0.05, 0.1) is 18.2 Å². The lowest BCUT2D eigenvalue weighted by Crippen LogP contribution is -2.26. The van der Waals surface area contributed by atoms with Crippen molar-refractivity contribution in [3.05, 3.63) is 65.2 Å². The summed E-state index contributed by atoms with van der Waals surface area (Å²) < 4.78 is 5.68. The van der Waals surface area contributed by atoms with E-state index < -0.39 is 5.97 Å². The van der Waals surface area contributed by atoms with Crippen molar-refractivity contribution >= 4 is 17.6 Å². The first-order valence-corrected chi connectivity index (χ1v) is 9.62. The Labute approximate surface area is 173 Å². The van der Waals surface area contributed by atoms with Crippen LogP contribution in [0.4, 0.5) is 5.69 Å². The van der Waals surface area contributed by atoms with E-state index in [0.717, 1.165) is 17.2 Å². The number of fused-ring (bicyclic) bond motifs is 2. The third kappa shape index (κ3) is 3.60. The number of benzene rings is 2. The molecule has 2 aromatic rings. The van der Waals surface area contributed by atoms with Crippen LogP contribution in [0.2, 0.25) is 0 Å². The van der Waals surface area contributed by atoms with Gasteiger partial charge in [-0.1, -0.05) is 12.1 Å². The van der Waals surface area contributed by atoms with Gasteiger partial charge in [-0.15, -0.1) is 0 Å². The summed E-state index contributed by atoms with van der Waals surface area (Å²) in [6, 6.07) is 12.0. The maximum atomic E-state index is 13.1. The molecule has 0 bridgehead atoms. The summed E-state index contributed by atoms with van der Waals surface area (Å²) in [5.41, 5.74) is 2.12. The molecule has 1 aliphatic carbocycles. The molecule has 0 aromatic heterocycles. The van der Waals surface area contributed by atoms with Crippen LogP contribution < -0.4 is 10.1 Å². The number of nitrogens with one attached hydrogen (secondary N) is 1. The fourth-order valence-corrected chi connectivity index (χ4v) is 4.18. The first-order chi connectivity index (χ1) is 14.4. The Morgan fingerprint density at radius 2 is 2.13 bits per heavy atom. The maximum absolute atomic E-state index is 13.1. The summed E-state index contributed by atoms with van der Waals surface area (Å²) in [4.78, 5) is 23.8. The van der Waals surface area contributed by atoms with E-state index in [-0.39, 0.29) is 23.0 Å². The van der Waals surface area contributed by atoms with E-state index in [1.54, 1.807) is 36.4 Å². The molecule has 0 radical (unpaired) electrons. The van der Waals surface area contributed by atoms with Gasteiger partial charge in [-0.2, -0.15) is 5.26 Å². The van der Waals surface area contributed by atoms with Crippen LogP contribution in [0.25, 0.3) is 0 Å². The molecule has 2 aliphatic rings. The number of anilines is 1. The Balaban J connectivity index is 1.57. The second-order valence-electron chi connectivity index (χ2n) is 7.61. The van der Waals surface area contributed by atoms with Gasteiger partial charge in [-0.05, 0) is 55.2 Å². The van der Waals surface area contributed by atoms with Gasteiger partial charge in [0.25, 0.3) is 0 Å². The number of carbonyl (C=O) groups excluding carboxylic acids is 1. The van der Waals surface area contributed by atoms with E-state index in [9.17, 15) is 20.0 Å². The zero-order valence-electron chi connectivity index (χ0n) is 16.1. The molecule has 152 valence electrons. The fourth-order valence-electron chi connectivity index (χ4n) is 4.18. The van der Waals surface area contributed by atoms with Crippen LogP contribution in [0.1, 0.15) is 29.5 Å². The molecule has 4 rings (SSSR count). The number of nitriles is 1. The number of rotatable bonds is 5.